The first-order valence-corrected chi connectivity index (χ1v) is 0.812. The van der Waals surface area contributed by atoms with Crippen molar-refractivity contribution in [1.82, 2.24) is 12.3 Å². The second-order valence-corrected chi connectivity index (χ2v) is 0.250. The summed E-state index contributed by atoms with van der Waals surface area (Å²) in [6, 6.07) is 0. The van der Waals surface area contributed by atoms with Gasteiger partial charge in [-0.15, -0.1) is 0 Å². The highest BCUT2D eigenvalue weighted by atomic mass is 17.0. The first kappa shape index (κ1) is 27.4. The lowest BCUT2D eigenvalue weighted by Gasteiger charge is -1.96. The van der Waals surface area contributed by atoms with Crippen molar-refractivity contribution < 1.29 is 25.5 Å². The molecule has 0 radical (unpaired) electrons. The van der Waals surface area contributed by atoms with E-state index in [1.807, 2.05) is 0 Å². The van der Waals surface area contributed by atoms with Crippen LogP contribution in [0.3, 0.4) is 0 Å². The Morgan fingerprint density at radius 2 is 1.12 bits per heavy atom. The van der Waals surface area contributed by atoms with Gasteiger partial charge in [0.2, 0.25) is 0 Å². The summed E-state index contributed by atoms with van der Waals surface area (Å²) < 4.78 is 0. The van der Waals surface area contributed by atoms with Crippen molar-refractivity contribution >= 4 is 6.16 Å². The van der Waals surface area contributed by atoms with Gasteiger partial charge in [0.05, 0.1) is 0 Å². The van der Waals surface area contributed by atoms with Crippen LogP contribution < -0.4 is 22.5 Å². The molecule has 0 aromatic rings. The Morgan fingerprint density at radius 1 is 1.12 bits per heavy atom. The van der Waals surface area contributed by atoms with E-state index >= 15 is 0 Å². The van der Waals surface area contributed by atoms with Crippen molar-refractivity contribution in [3.63, 3.8) is 0 Å². The summed E-state index contributed by atoms with van der Waals surface area (Å²) in [7, 11) is 0. The molecular weight excluding hydrogens is 120 g/mol. The maximum atomic E-state index is 8.33. The van der Waals surface area contributed by atoms with Gasteiger partial charge < -0.3 is 27.3 Å². The minimum Gasteiger partial charge on any atom is -0.652 e. The molecule has 8 heavy (non-hydrogen) atoms. The molecular formula is CH10N2O5. The van der Waals surface area contributed by atoms with E-state index in [0.29, 0.717) is 0 Å². The summed E-state index contributed by atoms with van der Waals surface area (Å²) in [5.41, 5.74) is 0. The Hall–Kier alpha value is -0.890. The molecule has 0 bridgehead atoms. The van der Waals surface area contributed by atoms with E-state index in [2.05, 4.69) is 0 Å². The maximum absolute atomic E-state index is 8.33. The van der Waals surface area contributed by atoms with Crippen molar-refractivity contribution in [3.8, 4) is 0 Å². The van der Waals surface area contributed by atoms with Crippen molar-refractivity contribution in [2.75, 3.05) is 0 Å². The molecule has 0 rings (SSSR count). The first-order valence-electron chi connectivity index (χ1n) is 0.812. The summed E-state index contributed by atoms with van der Waals surface area (Å²) >= 11 is 0. The lowest BCUT2D eigenvalue weighted by atomic mass is 11.5. The van der Waals surface area contributed by atoms with E-state index in [1.165, 1.54) is 0 Å². The normalized spacial score (nSPS) is 3.75. The van der Waals surface area contributed by atoms with Crippen molar-refractivity contribution in [3.05, 3.63) is 0 Å². The molecule has 0 heterocycles. The van der Waals surface area contributed by atoms with Crippen LogP contribution in [0, 0.1) is 0 Å². The van der Waals surface area contributed by atoms with Gasteiger partial charge in [0.25, 0.3) is 0 Å². The number of hydrogen-bond acceptors (Lipinski definition) is 5. The standard InChI is InChI=1S/CH2O3.2H3N.H2O2/c2-1(3)4;;;1-2/h(H2,2,3,4);2*1H3;1-2H. The second-order valence-electron chi connectivity index (χ2n) is 0.250. The van der Waals surface area contributed by atoms with Crippen LogP contribution in [0.15, 0.2) is 0 Å². The Balaban J connectivity index is -0.0000000183. The van der Waals surface area contributed by atoms with Crippen molar-refractivity contribution in [2.45, 2.75) is 0 Å². The van der Waals surface area contributed by atoms with E-state index in [9.17, 15) is 0 Å². The van der Waals surface area contributed by atoms with Crippen LogP contribution in [0.4, 0.5) is 4.79 Å². The minimum atomic E-state index is -2.33. The minimum absolute atomic E-state index is 0. The second kappa shape index (κ2) is 35.8. The first-order chi connectivity index (χ1) is 2.73. The Kier molecular flexibility index (Phi) is 123. The van der Waals surface area contributed by atoms with E-state index in [-0.39, 0.29) is 12.3 Å². The molecule has 54 valence electrons. The number of quaternary nitrogens is 2. The van der Waals surface area contributed by atoms with E-state index < -0.39 is 6.16 Å². The lowest BCUT2D eigenvalue weighted by molar-refractivity contribution is -0.415. The van der Waals surface area contributed by atoms with Gasteiger partial charge in [-0.05, 0) is 6.16 Å². The van der Waals surface area contributed by atoms with E-state index in [1.54, 1.807) is 0 Å². The van der Waals surface area contributed by atoms with Gasteiger partial charge in [0.15, 0.2) is 0 Å². The molecule has 0 atom stereocenters. The molecule has 0 aromatic carbocycles. The maximum Gasteiger partial charge on any atom is -0.0431 e. The Bertz CT molecular complexity index is 33.4. The van der Waals surface area contributed by atoms with Crippen LogP contribution in [-0.2, 0) is 0 Å². The molecule has 0 spiro atoms. The number of carbonyl (C=O) groups excluding carboxylic acids is 1. The molecule has 0 saturated heterocycles. The number of carboxylic acid groups (broad SMARTS) is 2. The van der Waals surface area contributed by atoms with E-state index in [4.69, 9.17) is 25.5 Å². The van der Waals surface area contributed by atoms with E-state index in [0.717, 1.165) is 0 Å². The summed E-state index contributed by atoms with van der Waals surface area (Å²) in [5.74, 6) is 0. The Morgan fingerprint density at radius 3 is 1.12 bits per heavy atom. The van der Waals surface area contributed by atoms with Gasteiger partial charge in [-0.25, -0.2) is 0 Å². The molecule has 0 fully saturated rings. The van der Waals surface area contributed by atoms with Gasteiger partial charge in [-0.2, -0.15) is 0 Å². The van der Waals surface area contributed by atoms with Crippen LogP contribution in [0.25, 0.3) is 0 Å². The highest BCUT2D eigenvalue weighted by Crippen LogP contribution is 1.21. The van der Waals surface area contributed by atoms with Crippen LogP contribution in [0.1, 0.15) is 0 Å². The average Bonchev–Trinajstić information content (AvgIpc) is 1.41. The molecule has 7 nitrogen and oxygen atoms in total. The largest absolute Gasteiger partial charge is 0.652 e. The zero-order chi connectivity index (χ0) is 5.58. The average molecular weight is 130 g/mol. The third-order valence-electron chi connectivity index (χ3n) is 0. The molecule has 0 aliphatic heterocycles. The molecule has 0 saturated carbocycles. The molecule has 0 aliphatic carbocycles. The van der Waals surface area contributed by atoms with Crippen LogP contribution >= 0.6 is 0 Å². The number of rotatable bonds is 0. The Labute approximate surface area is 45.3 Å². The lowest BCUT2D eigenvalue weighted by Crippen LogP contribution is -2.37. The van der Waals surface area contributed by atoms with Gasteiger partial charge >= 0.3 is 0 Å². The molecule has 0 aromatic heterocycles. The monoisotopic (exact) mass is 130 g/mol. The summed E-state index contributed by atoms with van der Waals surface area (Å²) in [4.78, 5) is 8.33. The third kappa shape index (κ3) is 109. The van der Waals surface area contributed by atoms with Gasteiger partial charge in [-0.1, -0.05) is 0 Å². The van der Waals surface area contributed by atoms with Gasteiger partial charge in [-0.3, -0.25) is 10.5 Å². The molecule has 0 amide bonds. The zero-order valence-corrected chi connectivity index (χ0v) is 4.62. The smallest absolute Gasteiger partial charge is 0.0431 e. The molecule has 0 unspecified atom stereocenters. The fraction of sp³-hybridized carbons (Fsp3) is 0. The fourth-order valence-electron chi connectivity index (χ4n) is 0. The van der Waals surface area contributed by atoms with Gasteiger partial charge in [0, 0.05) is 0 Å². The van der Waals surface area contributed by atoms with Gasteiger partial charge in [0.1, 0.15) is 0 Å². The van der Waals surface area contributed by atoms with Crippen molar-refractivity contribution in [2.24, 2.45) is 0 Å². The van der Waals surface area contributed by atoms with Crippen LogP contribution in [0.2, 0.25) is 0 Å². The summed E-state index contributed by atoms with van der Waals surface area (Å²) in [6.45, 7) is 0. The summed E-state index contributed by atoms with van der Waals surface area (Å²) in [6.07, 6.45) is -2.33. The molecule has 10 N–H and O–H groups in total. The third-order valence-corrected chi connectivity index (χ3v) is 0. The van der Waals surface area contributed by atoms with Crippen LogP contribution in [-0.4, -0.2) is 16.7 Å². The SMILES string of the molecule is O=C([O-])[O-].OO.[NH4+].[NH4+]. The number of hydrogen-bond donors (Lipinski definition) is 4. The predicted octanol–water partition coefficient (Wildman–Crippen LogP) is -1.68. The predicted molar refractivity (Wildman–Crippen MR) is 22.6 cm³/mol. The topological polar surface area (TPSA) is 177 Å². The summed E-state index contributed by atoms with van der Waals surface area (Å²) in [5, 5.41) is 28.7. The molecule has 0 aliphatic rings. The zero-order valence-electron chi connectivity index (χ0n) is 4.62. The van der Waals surface area contributed by atoms with Crippen molar-refractivity contribution in [1.29, 1.82) is 0 Å². The van der Waals surface area contributed by atoms with Crippen LogP contribution in [0.5, 0.6) is 0 Å². The highest BCUT2D eigenvalue weighted by molar-refractivity contribution is 5.47. The quantitative estimate of drug-likeness (QED) is 0.225. The fourth-order valence-corrected chi connectivity index (χ4v) is 0. The molecule has 7 heteroatoms. The highest BCUT2D eigenvalue weighted by Gasteiger charge is 1.26. The number of carbonyl (C=O) groups is 1.